The van der Waals surface area contributed by atoms with E-state index in [9.17, 15) is 0 Å². The Morgan fingerprint density at radius 3 is 2.80 bits per heavy atom. The molecular weight excluding hydrogens is 244 g/mol. The predicted octanol–water partition coefficient (Wildman–Crippen LogP) is 3.77. The number of aromatic nitrogens is 1. The van der Waals surface area contributed by atoms with Gasteiger partial charge in [-0.25, -0.2) is 0 Å². The number of piperidine rings is 1. The van der Waals surface area contributed by atoms with Crippen LogP contribution >= 0.6 is 0 Å². The zero-order valence-electron chi connectivity index (χ0n) is 12.1. The van der Waals surface area contributed by atoms with Crippen molar-refractivity contribution in [1.82, 2.24) is 9.88 Å². The van der Waals surface area contributed by atoms with Crippen molar-refractivity contribution in [2.75, 3.05) is 13.1 Å². The molecule has 20 heavy (non-hydrogen) atoms. The van der Waals surface area contributed by atoms with Crippen LogP contribution < -0.4 is 0 Å². The van der Waals surface area contributed by atoms with E-state index in [1.807, 2.05) is 12.3 Å². The van der Waals surface area contributed by atoms with Crippen molar-refractivity contribution in [2.24, 2.45) is 0 Å². The van der Waals surface area contributed by atoms with Gasteiger partial charge in [-0.1, -0.05) is 30.3 Å². The fourth-order valence-electron chi connectivity index (χ4n) is 3.22. The largest absolute Gasteiger partial charge is 0.297 e. The van der Waals surface area contributed by atoms with Gasteiger partial charge in [-0.15, -0.1) is 0 Å². The van der Waals surface area contributed by atoms with Gasteiger partial charge >= 0.3 is 0 Å². The minimum absolute atomic E-state index is 0.675. The molecule has 3 rings (SSSR count). The molecule has 0 bridgehead atoms. The highest BCUT2D eigenvalue weighted by atomic mass is 15.1. The smallest absolute Gasteiger partial charge is 0.0543 e. The van der Waals surface area contributed by atoms with Crippen LogP contribution in [0.1, 0.15) is 35.6 Å². The molecule has 1 unspecified atom stereocenters. The highest BCUT2D eigenvalue weighted by Gasteiger charge is 2.22. The van der Waals surface area contributed by atoms with Gasteiger partial charge in [0.1, 0.15) is 0 Å². The second kappa shape index (κ2) is 6.19. The summed E-state index contributed by atoms with van der Waals surface area (Å²) in [6.45, 7) is 5.55. The Morgan fingerprint density at radius 2 is 2.00 bits per heavy atom. The molecule has 0 radical (unpaired) electrons. The third-order valence-electron chi connectivity index (χ3n) is 4.25. The SMILES string of the molecule is Cc1ccccc1C1CCCN(Cc2ccccn2)C1. The molecule has 2 aromatic rings. The summed E-state index contributed by atoms with van der Waals surface area (Å²) in [4.78, 5) is 6.99. The lowest BCUT2D eigenvalue weighted by Crippen LogP contribution is -2.34. The summed E-state index contributed by atoms with van der Waals surface area (Å²) < 4.78 is 0. The topological polar surface area (TPSA) is 16.1 Å². The number of nitrogens with zero attached hydrogens (tertiary/aromatic N) is 2. The average molecular weight is 266 g/mol. The molecule has 2 heteroatoms. The van der Waals surface area contributed by atoms with E-state index in [-0.39, 0.29) is 0 Å². The number of pyridine rings is 1. The Balaban J connectivity index is 1.69. The van der Waals surface area contributed by atoms with Crippen LogP contribution in [0.15, 0.2) is 48.7 Å². The zero-order valence-corrected chi connectivity index (χ0v) is 12.1. The van der Waals surface area contributed by atoms with Crippen molar-refractivity contribution in [1.29, 1.82) is 0 Å². The summed E-state index contributed by atoms with van der Waals surface area (Å²) in [7, 11) is 0. The van der Waals surface area contributed by atoms with E-state index in [4.69, 9.17) is 0 Å². The Hall–Kier alpha value is -1.67. The quantitative estimate of drug-likeness (QED) is 0.840. The molecular formula is C18H22N2. The monoisotopic (exact) mass is 266 g/mol. The summed E-state index contributed by atoms with van der Waals surface area (Å²) in [6, 6.07) is 15.0. The van der Waals surface area contributed by atoms with E-state index in [2.05, 4.69) is 53.2 Å². The Labute approximate surface area is 121 Å². The standard InChI is InChI=1S/C18H22N2/c1-15-7-2-3-10-18(15)16-8-6-12-20(13-16)14-17-9-4-5-11-19-17/h2-5,7,9-11,16H,6,8,12-14H2,1H3. The second-order valence-electron chi connectivity index (χ2n) is 5.75. The molecule has 1 fully saturated rings. The van der Waals surface area contributed by atoms with Gasteiger partial charge in [0, 0.05) is 19.3 Å². The Kier molecular flexibility index (Phi) is 4.12. The number of likely N-dealkylation sites (tertiary alicyclic amines) is 1. The molecule has 0 amide bonds. The lowest BCUT2D eigenvalue weighted by atomic mass is 9.88. The van der Waals surface area contributed by atoms with Crippen molar-refractivity contribution in [3.63, 3.8) is 0 Å². The zero-order chi connectivity index (χ0) is 13.8. The molecule has 1 saturated heterocycles. The number of rotatable bonds is 3. The van der Waals surface area contributed by atoms with Crippen LogP contribution in [-0.4, -0.2) is 23.0 Å². The highest BCUT2D eigenvalue weighted by Crippen LogP contribution is 2.29. The first-order valence-corrected chi connectivity index (χ1v) is 7.51. The Bertz CT molecular complexity index is 550. The molecule has 0 spiro atoms. The lowest BCUT2D eigenvalue weighted by molar-refractivity contribution is 0.198. The van der Waals surface area contributed by atoms with E-state index in [0.29, 0.717) is 5.92 Å². The van der Waals surface area contributed by atoms with Crippen molar-refractivity contribution < 1.29 is 0 Å². The molecule has 2 nitrogen and oxygen atoms in total. The van der Waals surface area contributed by atoms with Crippen LogP contribution in [0.25, 0.3) is 0 Å². The third-order valence-corrected chi connectivity index (χ3v) is 4.25. The number of hydrogen-bond donors (Lipinski definition) is 0. The predicted molar refractivity (Wildman–Crippen MR) is 82.7 cm³/mol. The minimum Gasteiger partial charge on any atom is -0.297 e. The summed E-state index contributed by atoms with van der Waals surface area (Å²) in [5, 5.41) is 0. The van der Waals surface area contributed by atoms with Crippen molar-refractivity contribution in [3.05, 3.63) is 65.5 Å². The maximum atomic E-state index is 4.45. The summed E-state index contributed by atoms with van der Waals surface area (Å²) >= 11 is 0. The minimum atomic E-state index is 0.675. The van der Waals surface area contributed by atoms with Crippen LogP contribution in [0.3, 0.4) is 0 Å². The maximum absolute atomic E-state index is 4.45. The van der Waals surface area contributed by atoms with Crippen LogP contribution in [0, 0.1) is 6.92 Å². The van der Waals surface area contributed by atoms with E-state index in [0.717, 1.165) is 13.1 Å². The molecule has 104 valence electrons. The normalized spacial score (nSPS) is 19.9. The fraction of sp³-hybridized carbons (Fsp3) is 0.389. The van der Waals surface area contributed by atoms with Crippen LogP contribution in [-0.2, 0) is 6.54 Å². The van der Waals surface area contributed by atoms with E-state index < -0.39 is 0 Å². The van der Waals surface area contributed by atoms with Gasteiger partial charge in [0.05, 0.1) is 5.69 Å². The highest BCUT2D eigenvalue weighted by molar-refractivity contribution is 5.29. The van der Waals surface area contributed by atoms with Gasteiger partial charge in [0.25, 0.3) is 0 Å². The van der Waals surface area contributed by atoms with Crippen LogP contribution in [0.5, 0.6) is 0 Å². The Morgan fingerprint density at radius 1 is 1.15 bits per heavy atom. The van der Waals surface area contributed by atoms with Gasteiger partial charge in [0.15, 0.2) is 0 Å². The second-order valence-corrected chi connectivity index (χ2v) is 5.75. The molecule has 1 aromatic heterocycles. The van der Waals surface area contributed by atoms with Gasteiger partial charge < -0.3 is 0 Å². The molecule has 2 heterocycles. The number of benzene rings is 1. The molecule has 1 aromatic carbocycles. The summed E-state index contributed by atoms with van der Waals surface area (Å²) in [5.74, 6) is 0.675. The van der Waals surface area contributed by atoms with E-state index in [1.165, 1.54) is 36.2 Å². The molecule has 1 aliphatic heterocycles. The van der Waals surface area contributed by atoms with Gasteiger partial charge in [-0.3, -0.25) is 9.88 Å². The third kappa shape index (κ3) is 3.07. The van der Waals surface area contributed by atoms with E-state index in [1.54, 1.807) is 0 Å². The molecule has 0 saturated carbocycles. The molecule has 1 atom stereocenters. The maximum Gasteiger partial charge on any atom is 0.0543 e. The van der Waals surface area contributed by atoms with Crippen molar-refractivity contribution in [3.8, 4) is 0 Å². The van der Waals surface area contributed by atoms with E-state index >= 15 is 0 Å². The first-order chi connectivity index (χ1) is 9.83. The van der Waals surface area contributed by atoms with Gasteiger partial charge in [-0.2, -0.15) is 0 Å². The van der Waals surface area contributed by atoms with Gasteiger partial charge in [0.2, 0.25) is 0 Å². The number of aryl methyl sites for hydroxylation is 1. The fourth-order valence-corrected chi connectivity index (χ4v) is 3.22. The van der Waals surface area contributed by atoms with Crippen LogP contribution in [0.4, 0.5) is 0 Å². The average Bonchev–Trinajstić information content (AvgIpc) is 2.49. The summed E-state index contributed by atoms with van der Waals surface area (Å²) in [5.41, 5.74) is 4.13. The van der Waals surface area contributed by atoms with Crippen molar-refractivity contribution in [2.45, 2.75) is 32.2 Å². The van der Waals surface area contributed by atoms with Crippen molar-refractivity contribution >= 4 is 0 Å². The molecule has 1 aliphatic rings. The summed E-state index contributed by atoms with van der Waals surface area (Å²) in [6.07, 6.45) is 4.48. The first kappa shape index (κ1) is 13.3. The molecule has 0 N–H and O–H groups in total. The first-order valence-electron chi connectivity index (χ1n) is 7.51. The van der Waals surface area contributed by atoms with Crippen LogP contribution in [0.2, 0.25) is 0 Å². The lowest BCUT2D eigenvalue weighted by Gasteiger charge is -2.33. The number of hydrogen-bond acceptors (Lipinski definition) is 2. The van der Waals surface area contributed by atoms with Gasteiger partial charge in [-0.05, 0) is 55.5 Å². The molecule has 0 aliphatic carbocycles.